The summed E-state index contributed by atoms with van der Waals surface area (Å²) in [6, 6.07) is 10.6. The van der Waals surface area contributed by atoms with Crippen LogP contribution in [0.2, 0.25) is 0 Å². The summed E-state index contributed by atoms with van der Waals surface area (Å²) in [5, 5.41) is 1.18. The Hall–Kier alpha value is -1.45. The molecule has 1 unspecified atom stereocenters. The third-order valence-corrected chi connectivity index (χ3v) is 3.77. The molecule has 88 valence electrons. The first kappa shape index (κ1) is 10.7. The Kier molecular flexibility index (Phi) is 2.79. The lowest BCUT2D eigenvalue weighted by molar-refractivity contribution is 0.232. The lowest BCUT2D eigenvalue weighted by atomic mass is 9.77. The zero-order valence-electron chi connectivity index (χ0n) is 9.76. The number of hydrogen-bond donors (Lipinski definition) is 2. The zero-order valence-corrected chi connectivity index (χ0v) is 9.76. The van der Waals surface area contributed by atoms with Crippen LogP contribution >= 0.6 is 0 Å². The van der Waals surface area contributed by atoms with Crippen molar-refractivity contribution in [2.75, 3.05) is 0 Å². The number of pyridine rings is 1. The van der Waals surface area contributed by atoms with Crippen molar-refractivity contribution in [1.82, 2.24) is 10.4 Å². The number of aromatic nitrogens is 1. The number of nitrogens with two attached hydrogens (primary N) is 1. The van der Waals surface area contributed by atoms with Gasteiger partial charge in [-0.3, -0.25) is 16.3 Å². The second-order valence-electron chi connectivity index (χ2n) is 4.80. The maximum atomic E-state index is 5.68. The molecule has 1 fully saturated rings. The van der Waals surface area contributed by atoms with Crippen LogP contribution in [-0.4, -0.2) is 4.98 Å². The molecular formula is C14H17N3. The van der Waals surface area contributed by atoms with Gasteiger partial charge in [-0.25, -0.2) is 0 Å². The first-order chi connectivity index (χ1) is 8.38. The Morgan fingerprint density at radius 2 is 2.12 bits per heavy atom. The Labute approximate surface area is 101 Å². The van der Waals surface area contributed by atoms with Crippen molar-refractivity contribution in [3.8, 4) is 0 Å². The fraction of sp³-hybridized carbons (Fsp3) is 0.357. The van der Waals surface area contributed by atoms with E-state index in [9.17, 15) is 0 Å². The summed E-state index contributed by atoms with van der Waals surface area (Å²) in [5.41, 5.74) is 5.19. The van der Waals surface area contributed by atoms with E-state index in [1.165, 1.54) is 30.2 Å². The lowest BCUT2D eigenvalue weighted by Crippen LogP contribution is -2.36. The van der Waals surface area contributed by atoms with Crippen LogP contribution in [0.15, 0.2) is 36.5 Å². The highest BCUT2D eigenvalue weighted by atomic mass is 15.2. The summed E-state index contributed by atoms with van der Waals surface area (Å²) >= 11 is 0. The minimum Gasteiger partial charge on any atom is -0.271 e. The summed E-state index contributed by atoms with van der Waals surface area (Å²) in [5.74, 6) is 6.35. The van der Waals surface area contributed by atoms with Gasteiger partial charge in [-0.15, -0.1) is 0 Å². The molecule has 0 saturated heterocycles. The van der Waals surface area contributed by atoms with E-state index in [0.717, 1.165) is 5.52 Å². The monoisotopic (exact) mass is 227 g/mol. The second-order valence-corrected chi connectivity index (χ2v) is 4.80. The van der Waals surface area contributed by atoms with E-state index in [1.807, 2.05) is 24.4 Å². The van der Waals surface area contributed by atoms with Crippen molar-refractivity contribution in [3.05, 3.63) is 42.1 Å². The molecule has 1 saturated carbocycles. The quantitative estimate of drug-likeness (QED) is 0.626. The molecule has 3 heteroatoms. The Morgan fingerprint density at radius 1 is 1.29 bits per heavy atom. The van der Waals surface area contributed by atoms with Crippen LogP contribution in [-0.2, 0) is 0 Å². The van der Waals surface area contributed by atoms with E-state index in [-0.39, 0.29) is 6.04 Å². The maximum Gasteiger partial charge on any atom is 0.0702 e. The number of para-hydroxylation sites is 1. The number of fused-ring (bicyclic) bond motifs is 1. The topological polar surface area (TPSA) is 50.9 Å². The Morgan fingerprint density at radius 3 is 2.82 bits per heavy atom. The van der Waals surface area contributed by atoms with Gasteiger partial charge in [0.1, 0.15) is 0 Å². The van der Waals surface area contributed by atoms with E-state index >= 15 is 0 Å². The van der Waals surface area contributed by atoms with Crippen LogP contribution in [0.1, 0.15) is 30.9 Å². The van der Waals surface area contributed by atoms with Gasteiger partial charge in [0.05, 0.1) is 11.6 Å². The third-order valence-electron chi connectivity index (χ3n) is 3.77. The van der Waals surface area contributed by atoms with Crippen LogP contribution < -0.4 is 11.3 Å². The van der Waals surface area contributed by atoms with Gasteiger partial charge >= 0.3 is 0 Å². The van der Waals surface area contributed by atoms with Gasteiger partial charge in [-0.1, -0.05) is 24.6 Å². The van der Waals surface area contributed by atoms with Gasteiger partial charge in [-0.05, 0) is 36.5 Å². The van der Waals surface area contributed by atoms with E-state index in [4.69, 9.17) is 5.84 Å². The molecule has 3 nitrogen and oxygen atoms in total. The lowest BCUT2D eigenvalue weighted by Gasteiger charge is -2.33. The normalized spacial score (nSPS) is 17.9. The van der Waals surface area contributed by atoms with Gasteiger partial charge in [0, 0.05) is 11.6 Å². The minimum atomic E-state index is 0.251. The molecule has 0 aliphatic heterocycles. The van der Waals surface area contributed by atoms with Crippen molar-refractivity contribution >= 4 is 10.9 Å². The molecule has 1 heterocycles. The number of hydrogen-bond acceptors (Lipinski definition) is 3. The number of benzene rings is 1. The largest absolute Gasteiger partial charge is 0.271 e. The fourth-order valence-electron chi connectivity index (χ4n) is 2.54. The van der Waals surface area contributed by atoms with Crippen molar-refractivity contribution < 1.29 is 0 Å². The Balaban J connectivity index is 1.98. The average Bonchev–Trinajstić information content (AvgIpc) is 2.33. The smallest absolute Gasteiger partial charge is 0.0702 e. The van der Waals surface area contributed by atoms with Crippen molar-refractivity contribution in [2.24, 2.45) is 11.8 Å². The number of rotatable bonds is 3. The molecule has 3 N–H and O–H groups in total. The molecule has 1 aliphatic rings. The van der Waals surface area contributed by atoms with E-state index in [1.54, 1.807) is 0 Å². The molecule has 2 aromatic rings. The zero-order chi connectivity index (χ0) is 11.7. The summed E-state index contributed by atoms with van der Waals surface area (Å²) in [7, 11) is 0. The minimum absolute atomic E-state index is 0.251. The number of nitrogens with one attached hydrogen (secondary N) is 1. The summed E-state index contributed by atoms with van der Waals surface area (Å²) < 4.78 is 0. The van der Waals surface area contributed by atoms with Crippen LogP contribution in [0, 0.1) is 5.92 Å². The summed E-state index contributed by atoms with van der Waals surface area (Å²) in [6.07, 6.45) is 5.80. The highest BCUT2D eigenvalue weighted by Gasteiger charge is 2.27. The molecule has 3 rings (SSSR count). The standard InChI is InChI=1S/C14H17N3/c15-17-14(10-5-3-6-10)12-8-11-4-1-2-7-13(11)16-9-12/h1-2,4,7-10,14,17H,3,5-6,15H2. The second kappa shape index (κ2) is 4.43. The number of hydrazine groups is 1. The summed E-state index contributed by atoms with van der Waals surface area (Å²) in [6.45, 7) is 0. The van der Waals surface area contributed by atoms with E-state index in [2.05, 4.69) is 22.5 Å². The molecule has 0 spiro atoms. The number of nitrogens with zero attached hydrogens (tertiary/aromatic N) is 1. The van der Waals surface area contributed by atoms with Crippen LogP contribution in [0.4, 0.5) is 0 Å². The summed E-state index contributed by atoms with van der Waals surface area (Å²) in [4.78, 5) is 4.50. The molecule has 17 heavy (non-hydrogen) atoms. The first-order valence-electron chi connectivity index (χ1n) is 6.19. The van der Waals surface area contributed by atoms with E-state index in [0.29, 0.717) is 5.92 Å². The molecular weight excluding hydrogens is 210 g/mol. The molecule has 0 bridgehead atoms. The molecule has 1 aliphatic carbocycles. The predicted octanol–water partition coefficient (Wildman–Crippen LogP) is 2.54. The van der Waals surface area contributed by atoms with Gasteiger partial charge in [-0.2, -0.15) is 0 Å². The SMILES string of the molecule is NNC(c1cnc2ccccc2c1)C1CCC1. The molecule has 1 aromatic carbocycles. The van der Waals surface area contributed by atoms with Crippen LogP contribution in [0.25, 0.3) is 10.9 Å². The van der Waals surface area contributed by atoms with Gasteiger partial charge < -0.3 is 0 Å². The van der Waals surface area contributed by atoms with Gasteiger partial charge in [0.2, 0.25) is 0 Å². The third kappa shape index (κ3) is 1.92. The van der Waals surface area contributed by atoms with Gasteiger partial charge in [0.15, 0.2) is 0 Å². The molecule has 1 aromatic heterocycles. The van der Waals surface area contributed by atoms with Crippen molar-refractivity contribution in [1.29, 1.82) is 0 Å². The maximum absolute atomic E-state index is 5.68. The van der Waals surface area contributed by atoms with E-state index < -0.39 is 0 Å². The molecule has 0 amide bonds. The average molecular weight is 227 g/mol. The highest BCUT2D eigenvalue weighted by molar-refractivity contribution is 5.78. The van der Waals surface area contributed by atoms with Crippen molar-refractivity contribution in [2.45, 2.75) is 25.3 Å². The first-order valence-corrected chi connectivity index (χ1v) is 6.19. The van der Waals surface area contributed by atoms with Crippen LogP contribution in [0.5, 0.6) is 0 Å². The molecule has 1 atom stereocenters. The fourth-order valence-corrected chi connectivity index (χ4v) is 2.54. The van der Waals surface area contributed by atoms with Crippen molar-refractivity contribution in [3.63, 3.8) is 0 Å². The Bertz CT molecular complexity index is 520. The van der Waals surface area contributed by atoms with Crippen LogP contribution in [0.3, 0.4) is 0 Å². The molecule has 0 radical (unpaired) electrons. The predicted molar refractivity (Wildman–Crippen MR) is 69.1 cm³/mol. The van der Waals surface area contributed by atoms with Gasteiger partial charge in [0.25, 0.3) is 0 Å². The highest BCUT2D eigenvalue weighted by Crippen LogP contribution is 2.37.